The van der Waals surface area contributed by atoms with E-state index in [1.54, 1.807) is 0 Å². The second kappa shape index (κ2) is 25.1. The molecular weight excluding hydrogens is 1290 g/mol. The van der Waals surface area contributed by atoms with Gasteiger partial charge in [-0.15, -0.1) is 0 Å². The van der Waals surface area contributed by atoms with Gasteiger partial charge in [-0.25, -0.2) is 0 Å². The van der Waals surface area contributed by atoms with Crippen LogP contribution in [0.1, 0.15) is 22.3 Å². The predicted molar refractivity (Wildman–Crippen MR) is 448 cm³/mol. The molecule has 0 saturated carbocycles. The Bertz CT molecular complexity index is 6280. The summed E-state index contributed by atoms with van der Waals surface area (Å²) in [6.07, 6.45) is 0. The fraction of sp³-hybridized carbons (Fsp3) is 0.00971. The highest BCUT2D eigenvalue weighted by Crippen LogP contribution is 2.64. The first kappa shape index (κ1) is 61.6. The van der Waals surface area contributed by atoms with E-state index in [-0.39, 0.29) is 0 Å². The highest BCUT2D eigenvalue weighted by molar-refractivity contribution is 6.17. The van der Waals surface area contributed by atoms with Gasteiger partial charge in [0.1, 0.15) is 0 Å². The third kappa shape index (κ3) is 9.84. The number of fused-ring (bicyclic) bond motifs is 16. The maximum absolute atomic E-state index is 2.47. The van der Waals surface area contributed by atoms with Gasteiger partial charge in [-0.05, 0) is 215 Å². The molecule has 4 heteroatoms. The van der Waals surface area contributed by atoms with Crippen LogP contribution >= 0.6 is 0 Å². The van der Waals surface area contributed by atoms with Crippen LogP contribution in [0.5, 0.6) is 0 Å². The van der Waals surface area contributed by atoms with Gasteiger partial charge in [-0.3, -0.25) is 0 Å². The first-order valence-corrected chi connectivity index (χ1v) is 37.0. The van der Waals surface area contributed by atoms with Crippen LogP contribution in [0.3, 0.4) is 0 Å². The van der Waals surface area contributed by atoms with Gasteiger partial charge in [0.15, 0.2) is 0 Å². The van der Waals surface area contributed by atoms with Crippen molar-refractivity contribution in [2.75, 3.05) is 9.80 Å². The molecule has 500 valence electrons. The van der Waals surface area contributed by atoms with E-state index >= 15 is 0 Å². The van der Waals surface area contributed by atoms with Gasteiger partial charge in [0, 0.05) is 67.0 Å². The Morgan fingerprint density at radius 3 is 0.935 bits per heavy atom. The van der Waals surface area contributed by atoms with E-state index in [0.29, 0.717) is 0 Å². The number of anilines is 6. The first-order chi connectivity index (χ1) is 53.1. The van der Waals surface area contributed by atoms with Crippen molar-refractivity contribution in [1.29, 1.82) is 0 Å². The van der Waals surface area contributed by atoms with Crippen LogP contribution in [0.4, 0.5) is 34.1 Å². The number of para-hydroxylation sites is 4. The topological polar surface area (TPSA) is 16.3 Å². The second-order valence-electron chi connectivity index (χ2n) is 28.2. The molecule has 0 aliphatic heterocycles. The average molecular weight is 1360 g/mol. The molecule has 2 aliphatic carbocycles. The number of nitrogens with zero attached hydrogens (tertiary/aromatic N) is 4. The lowest BCUT2D eigenvalue weighted by molar-refractivity contribution is 0.794. The van der Waals surface area contributed by atoms with Crippen LogP contribution < -0.4 is 9.80 Å². The van der Waals surface area contributed by atoms with Gasteiger partial charge in [-0.2, -0.15) is 0 Å². The molecular formula is C103H68N4. The molecule has 0 saturated heterocycles. The standard InChI is InChI=1S/C103H68N4/c1-5-26-69(27-6-1)71-50-58-78(59-51-71)104(80-62-54-73(55-63-80)84-40-24-48-98-101(84)90-37-16-21-46-96(90)106(98)76-30-9-3-10-31-76)82-66-75(86-39-23-45-95-100(86)89-36-15-20-44-94(89)103(95)92-42-18-13-34-87(92)88-35-14-19-43-93(88)103)67-83(68-82)105(79-60-52-72(53-61-79)70-28-7-2-8-29-70)81-64-56-74(57-65-81)85-41-25-49-99-102(85)91-38-17-22-47-97(91)107(99)77-32-11-4-12-33-77/h1-68H. The fourth-order valence-electron chi connectivity index (χ4n) is 18.0. The largest absolute Gasteiger partial charge is 0.310 e. The number of hydrogen-bond acceptors (Lipinski definition) is 2. The lowest BCUT2D eigenvalue weighted by Crippen LogP contribution is -2.25. The van der Waals surface area contributed by atoms with Gasteiger partial charge in [0.05, 0.1) is 27.5 Å². The molecule has 4 nitrogen and oxygen atoms in total. The highest BCUT2D eigenvalue weighted by Gasteiger charge is 2.52. The Kier molecular flexibility index (Phi) is 14.5. The lowest BCUT2D eigenvalue weighted by Gasteiger charge is -2.31. The maximum Gasteiger partial charge on any atom is 0.0725 e. The molecule has 19 aromatic rings. The third-order valence-corrected chi connectivity index (χ3v) is 22.5. The Morgan fingerprint density at radius 1 is 0.187 bits per heavy atom. The Hall–Kier alpha value is -14.1. The Labute approximate surface area is 622 Å². The summed E-state index contributed by atoms with van der Waals surface area (Å²) in [5, 5.41) is 4.89. The molecule has 1 spiro atoms. The fourth-order valence-corrected chi connectivity index (χ4v) is 18.0. The van der Waals surface area contributed by atoms with E-state index in [2.05, 4.69) is 431 Å². The molecule has 0 amide bonds. The molecule has 0 radical (unpaired) electrons. The summed E-state index contributed by atoms with van der Waals surface area (Å²) in [5.41, 5.74) is 34.3. The van der Waals surface area contributed by atoms with Gasteiger partial charge in [-0.1, -0.05) is 297 Å². The number of rotatable bonds is 13. The van der Waals surface area contributed by atoms with Crippen molar-refractivity contribution in [1.82, 2.24) is 9.13 Å². The van der Waals surface area contributed by atoms with Crippen LogP contribution in [-0.2, 0) is 5.41 Å². The molecule has 2 heterocycles. The Balaban J connectivity index is 0.800. The number of benzene rings is 17. The van der Waals surface area contributed by atoms with Crippen molar-refractivity contribution < 1.29 is 0 Å². The molecule has 107 heavy (non-hydrogen) atoms. The van der Waals surface area contributed by atoms with Crippen molar-refractivity contribution in [3.05, 3.63) is 435 Å². The summed E-state index contributed by atoms with van der Waals surface area (Å²) < 4.78 is 4.81. The zero-order valence-electron chi connectivity index (χ0n) is 58.5. The van der Waals surface area contributed by atoms with Gasteiger partial charge < -0.3 is 18.9 Å². The molecule has 0 N–H and O–H groups in total. The average Bonchev–Trinajstić information content (AvgIpc) is 1.51. The molecule has 0 atom stereocenters. The van der Waals surface area contributed by atoms with Gasteiger partial charge in [0.2, 0.25) is 0 Å². The first-order valence-electron chi connectivity index (χ1n) is 37.0. The summed E-state index contributed by atoms with van der Waals surface area (Å²) in [6.45, 7) is 0. The molecule has 2 aliphatic rings. The molecule has 0 unspecified atom stereocenters. The maximum atomic E-state index is 2.47. The minimum absolute atomic E-state index is 0.542. The zero-order valence-corrected chi connectivity index (χ0v) is 58.5. The van der Waals surface area contributed by atoms with Crippen molar-refractivity contribution in [2.24, 2.45) is 0 Å². The van der Waals surface area contributed by atoms with E-state index in [0.717, 1.165) is 78.9 Å². The highest BCUT2D eigenvalue weighted by atomic mass is 15.2. The molecule has 0 fully saturated rings. The van der Waals surface area contributed by atoms with Crippen LogP contribution in [0.25, 0.3) is 133 Å². The summed E-state index contributed by atoms with van der Waals surface area (Å²) in [4.78, 5) is 4.95. The normalized spacial score (nSPS) is 12.4. The van der Waals surface area contributed by atoms with Crippen molar-refractivity contribution in [3.63, 3.8) is 0 Å². The Morgan fingerprint density at radius 2 is 0.495 bits per heavy atom. The minimum atomic E-state index is -0.542. The van der Waals surface area contributed by atoms with Crippen molar-refractivity contribution in [3.8, 4) is 89.3 Å². The van der Waals surface area contributed by atoms with Crippen LogP contribution in [0.2, 0.25) is 0 Å². The lowest BCUT2D eigenvalue weighted by atomic mass is 9.70. The van der Waals surface area contributed by atoms with E-state index < -0.39 is 5.41 Å². The quantitative estimate of drug-likeness (QED) is 0.114. The zero-order chi connectivity index (χ0) is 70.5. The van der Waals surface area contributed by atoms with Crippen molar-refractivity contribution in [2.45, 2.75) is 5.41 Å². The summed E-state index contributed by atoms with van der Waals surface area (Å²) in [7, 11) is 0. The number of hydrogen-bond donors (Lipinski definition) is 0. The second-order valence-corrected chi connectivity index (χ2v) is 28.2. The molecule has 21 rings (SSSR count). The minimum Gasteiger partial charge on any atom is -0.310 e. The van der Waals surface area contributed by atoms with Gasteiger partial charge in [0.25, 0.3) is 0 Å². The third-order valence-electron chi connectivity index (χ3n) is 22.5. The smallest absolute Gasteiger partial charge is 0.0725 e. The SMILES string of the molecule is c1ccc(-c2ccc(N(c3ccc(-c4cccc5c4c4ccccc4n5-c4ccccc4)cc3)c3cc(-c4cccc5c4-c4ccccc4C54c5ccccc5-c5ccccc54)cc(N(c4ccc(-c5ccccc5)cc4)c4ccc(-c5cccc6c5c5ccccc5n6-c5ccccc5)cc4)c3)cc2)cc1. The summed E-state index contributed by atoms with van der Waals surface area (Å²) in [5.74, 6) is 0. The van der Waals surface area contributed by atoms with Crippen LogP contribution in [-0.4, -0.2) is 9.13 Å². The molecule has 0 bridgehead atoms. The summed E-state index contributed by atoms with van der Waals surface area (Å²) >= 11 is 0. The van der Waals surface area contributed by atoms with E-state index in [1.807, 2.05) is 0 Å². The molecule has 17 aromatic carbocycles. The van der Waals surface area contributed by atoms with E-state index in [1.165, 1.54) is 110 Å². The van der Waals surface area contributed by atoms with E-state index in [4.69, 9.17) is 0 Å². The van der Waals surface area contributed by atoms with Crippen LogP contribution in [0, 0.1) is 0 Å². The van der Waals surface area contributed by atoms with Gasteiger partial charge >= 0.3 is 0 Å². The monoisotopic (exact) mass is 1360 g/mol. The number of aromatic nitrogens is 2. The van der Waals surface area contributed by atoms with E-state index in [9.17, 15) is 0 Å². The van der Waals surface area contributed by atoms with Crippen LogP contribution in [0.15, 0.2) is 413 Å². The molecule has 2 aromatic heterocycles. The predicted octanol–water partition coefficient (Wildman–Crippen LogP) is 27.5. The van der Waals surface area contributed by atoms with Crippen molar-refractivity contribution >= 4 is 77.7 Å². The summed E-state index contributed by atoms with van der Waals surface area (Å²) in [6, 6.07) is 153.